The molecular weight excluding hydrogens is 273 g/mol. The molecule has 0 aliphatic heterocycles. The molecule has 0 aliphatic carbocycles. The van der Waals surface area contributed by atoms with E-state index in [2.05, 4.69) is 17.4 Å². The molecule has 0 amide bonds. The van der Waals surface area contributed by atoms with Gasteiger partial charge in [-0.15, -0.1) is 13.2 Å². The van der Waals surface area contributed by atoms with E-state index in [1.165, 1.54) is 0 Å². The highest BCUT2D eigenvalue weighted by Gasteiger charge is 2.33. The normalized spacial score (nSPS) is 15.2. The van der Waals surface area contributed by atoms with E-state index in [0.29, 0.717) is 0 Å². The first-order valence-electron chi connectivity index (χ1n) is 4.80. The molecule has 2 unspecified atom stereocenters. The molecule has 8 heteroatoms. The zero-order chi connectivity index (χ0) is 13.9. The molecule has 0 bridgehead atoms. The van der Waals surface area contributed by atoms with Gasteiger partial charge in [-0.1, -0.05) is 0 Å². The summed E-state index contributed by atoms with van der Waals surface area (Å²) >= 11 is 3.72. The Morgan fingerprint density at radius 1 is 1.28 bits per heavy atom. The molecule has 1 aromatic rings. The summed E-state index contributed by atoms with van der Waals surface area (Å²) < 4.78 is 40.1. The highest BCUT2D eigenvalue weighted by molar-refractivity contribution is 7.80. The number of aromatic hydroxyl groups is 1. The van der Waals surface area contributed by atoms with E-state index in [9.17, 15) is 28.5 Å². The molecular formula is C10H11F3O4S. The summed E-state index contributed by atoms with van der Waals surface area (Å²) in [6, 6.07) is 2.72. The molecule has 0 saturated carbocycles. The number of aliphatic hydroxyl groups is 2. The first-order valence-corrected chi connectivity index (χ1v) is 5.43. The predicted molar refractivity (Wildman–Crippen MR) is 59.6 cm³/mol. The van der Waals surface area contributed by atoms with Crippen molar-refractivity contribution in [1.82, 2.24) is 0 Å². The number of benzene rings is 1. The molecule has 0 saturated heterocycles. The van der Waals surface area contributed by atoms with Gasteiger partial charge in [-0.25, -0.2) is 0 Å². The molecule has 0 fully saturated rings. The fourth-order valence-electron chi connectivity index (χ4n) is 1.29. The van der Waals surface area contributed by atoms with Crippen molar-refractivity contribution in [2.24, 2.45) is 0 Å². The first-order chi connectivity index (χ1) is 8.24. The Balaban J connectivity index is 3.11. The SMILES string of the molecule is Oc1ccc(OC(F)(F)F)c(C(O)C(O)CS)c1. The van der Waals surface area contributed by atoms with Crippen LogP contribution in [0.1, 0.15) is 11.7 Å². The molecule has 1 rings (SSSR count). The smallest absolute Gasteiger partial charge is 0.508 e. The first kappa shape index (κ1) is 14.9. The maximum Gasteiger partial charge on any atom is 0.573 e. The summed E-state index contributed by atoms with van der Waals surface area (Å²) in [5, 5.41) is 28.2. The quantitative estimate of drug-likeness (QED) is 0.634. The van der Waals surface area contributed by atoms with Gasteiger partial charge in [0.05, 0.1) is 6.10 Å². The molecule has 0 aliphatic rings. The minimum Gasteiger partial charge on any atom is -0.508 e. The maximum absolute atomic E-state index is 12.1. The van der Waals surface area contributed by atoms with Crippen molar-refractivity contribution in [3.05, 3.63) is 23.8 Å². The van der Waals surface area contributed by atoms with Gasteiger partial charge in [0.25, 0.3) is 0 Å². The van der Waals surface area contributed by atoms with E-state index < -0.39 is 24.3 Å². The van der Waals surface area contributed by atoms with E-state index in [1.807, 2.05) is 0 Å². The van der Waals surface area contributed by atoms with Crippen molar-refractivity contribution in [1.29, 1.82) is 0 Å². The highest BCUT2D eigenvalue weighted by Crippen LogP contribution is 2.34. The summed E-state index contributed by atoms with van der Waals surface area (Å²) in [6.07, 6.45) is -7.96. The van der Waals surface area contributed by atoms with Crippen LogP contribution in [0.3, 0.4) is 0 Å². The van der Waals surface area contributed by atoms with Crippen LogP contribution in [-0.2, 0) is 0 Å². The number of hydrogen-bond donors (Lipinski definition) is 4. The van der Waals surface area contributed by atoms with Crippen LogP contribution in [0, 0.1) is 0 Å². The van der Waals surface area contributed by atoms with E-state index in [0.717, 1.165) is 18.2 Å². The van der Waals surface area contributed by atoms with Crippen LogP contribution >= 0.6 is 12.6 Å². The number of halogens is 3. The number of ether oxygens (including phenoxy) is 1. The number of alkyl halides is 3. The van der Waals surface area contributed by atoms with Crippen molar-refractivity contribution in [3.8, 4) is 11.5 Å². The number of hydrogen-bond acceptors (Lipinski definition) is 5. The molecule has 0 heterocycles. The topological polar surface area (TPSA) is 69.9 Å². The number of phenolic OH excluding ortho intramolecular Hbond substituents is 1. The summed E-state index contributed by atoms with van der Waals surface area (Å²) in [6.45, 7) is 0. The van der Waals surface area contributed by atoms with E-state index in [4.69, 9.17) is 0 Å². The zero-order valence-corrected chi connectivity index (χ0v) is 9.82. The van der Waals surface area contributed by atoms with Gasteiger partial charge in [-0.05, 0) is 18.2 Å². The number of rotatable bonds is 4. The number of thiol groups is 1. The average molecular weight is 284 g/mol. The molecule has 3 N–H and O–H groups in total. The lowest BCUT2D eigenvalue weighted by Crippen LogP contribution is -2.23. The van der Waals surface area contributed by atoms with Gasteiger partial charge in [0.1, 0.15) is 17.6 Å². The zero-order valence-electron chi connectivity index (χ0n) is 8.92. The van der Waals surface area contributed by atoms with Crippen LogP contribution in [0.2, 0.25) is 0 Å². The summed E-state index contributed by atoms with van der Waals surface area (Å²) in [7, 11) is 0. The monoisotopic (exact) mass is 284 g/mol. The van der Waals surface area contributed by atoms with Gasteiger partial charge >= 0.3 is 6.36 Å². The second-order valence-corrected chi connectivity index (χ2v) is 3.83. The second kappa shape index (κ2) is 5.68. The third kappa shape index (κ3) is 3.97. The Hall–Kier alpha value is -1.12. The van der Waals surface area contributed by atoms with Crippen molar-refractivity contribution in [3.63, 3.8) is 0 Å². The molecule has 1 aromatic carbocycles. The molecule has 4 nitrogen and oxygen atoms in total. The van der Waals surface area contributed by atoms with Gasteiger partial charge in [0, 0.05) is 11.3 Å². The van der Waals surface area contributed by atoms with Crippen LogP contribution < -0.4 is 4.74 Å². The van der Waals surface area contributed by atoms with Crippen LogP contribution in [-0.4, -0.2) is 33.5 Å². The van der Waals surface area contributed by atoms with Gasteiger partial charge in [-0.3, -0.25) is 0 Å². The summed E-state index contributed by atoms with van der Waals surface area (Å²) in [5.41, 5.74) is -0.367. The Bertz CT molecular complexity index is 411. The van der Waals surface area contributed by atoms with E-state index >= 15 is 0 Å². The lowest BCUT2D eigenvalue weighted by atomic mass is 10.0. The lowest BCUT2D eigenvalue weighted by molar-refractivity contribution is -0.275. The molecule has 0 radical (unpaired) electrons. The van der Waals surface area contributed by atoms with Crippen LogP contribution in [0.25, 0.3) is 0 Å². The lowest BCUT2D eigenvalue weighted by Gasteiger charge is -2.20. The Morgan fingerprint density at radius 2 is 1.89 bits per heavy atom. The maximum atomic E-state index is 12.1. The van der Waals surface area contributed by atoms with Crippen molar-refractivity contribution in [2.45, 2.75) is 18.6 Å². The molecule has 2 atom stereocenters. The molecule has 0 aromatic heterocycles. The fourth-order valence-corrected chi connectivity index (χ4v) is 1.49. The summed E-state index contributed by atoms with van der Waals surface area (Å²) in [4.78, 5) is 0. The van der Waals surface area contributed by atoms with E-state index in [-0.39, 0.29) is 17.1 Å². The minimum atomic E-state index is -4.93. The van der Waals surface area contributed by atoms with Crippen LogP contribution in [0.5, 0.6) is 11.5 Å². The Morgan fingerprint density at radius 3 is 2.39 bits per heavy atom. The summed E-state index contributed by atoms with van der Waals surface area (Å²) in [5.74, 6) is -1.21. The largest absolute Gasteiger partial charge is 0.573 e. The van der Waals surface area contributed by atoms with Crippen molar-refractivity contribution < 1.29 is 33.2 Å². The van der Waals surface area contributed by atoms with Gasteiger partial charge in [0.15, 0.2) is 0 Å². The van der Waals surface area contributed by atoms with Crippen LogP contribution in [0.4, 0.5) is 13.2 Å². The average Bonchev–Trinajstić information content (AvgIpc) is 2.27. The van der Waals surface area contributed by atoms with E-state index in [1.54, 1.807) is 0 Å². The fraction of sp³-hybridized carbons (Fsp3) is 0.400. The molecule has 102 valence electrons. The second-order valence-electron chi connectivity index (χ2n) is 3.46. The predicted octanol–water partition coefficient (Wildman–Crippen LogP) is 1.61. The van der Waals surface area contributed by atoms with Crippen molar-refractivity contribution in [2.75, 3.05) is 5.75 Å². The minimum absolute atomic E-state index is 0.164. The number of aliphatic hydroxyl groups excluding tert-OH is 2. The number of phenols is 1. The Labute approximate surface area is 106 Å². The third-order valence-electron chi connectivity index (χ3n) is 2.09. The Kier molecular flexibility index (Phi) is 4.71. The van der Waals surface area contributed by atoms with Crippen molar-refractivity contribution >= 4 is 12.6 Å². The van der Waals surface area contributed by atoms with Gasteiger partial charge in [0.2, 0.25) is 0 Å². The third-order valence-corrected chi connectivity index (χ3v) is 2.46. The van der Waals surface area contributed by atoms with Gasteiger partial charge in [-0.2, -0.15) is 12.6 Å². The molecule has 0 spiro atoms. The molecule has 18 heavy (non-hydrogen) atoms. The standard InChI is InChI=1S/C10H11F3O4S/c11-10(12,13)17-8-2-1-5(14)3-6(8)9(16)7(15)4-18/h1-3,7,9,14-16,18H,4H2. The van der Waals surface area contributed by atoms with Gasteiger partial charge < -0.3 is 20.1 Å². The van der Waals surface area contributed by atoms with Crippen LogP contribution in [0.15, 0.2) is 18.2 Å². The highest BCUT2D eigenvalue weighted by atomic mass is 32.1.